The number of carbonyl (C=O) groups excluding carboxylic acids is 2. The molecule has 0 saturated carbocycles. The summed E-state index contributed by atoms with van der Waals surface area (Å²) in [4.78, 5) is 39.8. The predicted octanol–water partition coefficient (Wildman–Crippen LogP) is 5.90. The number of rotatable bonds is 7. The van der Waals surface area contributed by atoms with E-state index in [2.05, 4.69) is 0 Å². The highest BCUT2D eigenvalue weighted by atomic mass is 35.5. The lowest BCUT2D eigenvalue weighted by Gasteiger charge is -2.51. The first-order valence-electron chi connectivity index (χ1n) is 10.6. The van der Waals surface area contributed by atoms with Gasteiger partial charge in [0.05, 0.1) is 23.9 Å². The summed E-state index contributed by atoms with van der Waals surface area (Å²) in [5.41, 5.74) is 0.569. The van der Waals surface area contributed by atoms with Gasteiger partial charge in [0.1, 0.15) is 0 Å². The van der Waals surface area contributed by atoms with Crippen LogP contribution < -0.4 is 0 Å². The Hall–Kier alpha value is -2.37. The number of hydrogen-bond donors (Lipinski definition) is 1. The normalized spacial score (nSPS) is 24.3. The smallest absolute Gasteiger partial charge is 0.304 e. The van der Waals surface area contributed by atoms with Gasteiger partial charge in [0.15, 0.2) is 5.78 Å². The number of benzene rings is 2. The van der Waals surface area contributed by atoms with Crippen molar-refractivity contribution in [1.29, 1.82) is 0 Å². The molecule has 32 heavy (non-hydrogen) atoms. The van der Waals surface area contributed by atoms with Crippen molar-refractivity contribution < 1.29 is 19.5 Å². The van der Waals surface area contributed by atoms with E-state index < -0.39 is 23.5 Å². The molecular formula is C25H27Cl2NO4. The summed E-state index contributed by atoms with van der Waals surface area (Å²) in [7, 11) is 0. The molecule has 1 fully saturated rings. The summed E-state index contributed by atoms with van der Waals surface area (Å²) < 4.78 is 0. The number of carbonyl (C=O) groups is 3. The molecular weight excluding hydrogens is 449 g/mol. The van der Waals surface area contributed by atoms with Gasteiger partial charge in [-0.25, -0.2) is 0 Å². The van der Waals surface area contributed by atoms with E-state index in [9.17, 15) is 19.5 Å². The van der Waals surface area contributed by atoms with Crippen LogP contribution in [0.2, 0.25) is 10.0 Å². The molecule has 1 aliphatic heterocycles. The first kappa shape index (κ1) is 24.3. The maximum Gasteiger partial charge on any atom is 0.304 e. The van der Waals surface area contributed by atoms with Gasteiger partial charge in [-0.05, 0) is 55.2 Å². The molecule has 1 amide bonds. The summed E-state index contributed by atoms with van der Waals surface area (Å²) in [6, 6.07) is 13.5. The Labute approximate surface area is 198 Å². The molecule has 1 saturated heterocycles. The van der Waals surface area contributed by atoms with Crippen LogP contribution in [0.1, 0.15) is 63.1 Å². The Kier molecular flexibility index (Phi) is 7.31. The zero-order valence-corrected chi connectivity index (χ0v) is 19.9. The average molecular weight is 476 g/mol. The molecule has 7 heteroatoms. The third-order valence-electron chi connectivity index (χ3n) is 6.32. The highest BCUT2D eigenvalue weighted by Gasteiger charge is 2.52. The molecule has 5 nitrogen and oxygen atoms in total. The molecule has 0 aliphatic carbocycles. The minimum atomic E-state index is -1.16. The van der Waals surface area contributed by atoms with E-state index in [-0.39, 0.29) is 24.0 Å². The van der Waals surface area contributed by atoms with Gasteiger partial charge in [-0.1, -0.05) is 61.3 Å². The predicted molar refractivity (Wildman–Crippen MR) is 125 cm³/mol. The van der Waals surface area contributed by atoms with Crippen molar-refractivity contribution in [1.82, 2.24) is 4.90 Å². The van der Waals surface area contributed by atoms with Crippen LogP contribution >= 0.6 is 23.2 Å². The largest absolute Gasteiger partial charge is 0.481 e. The number of nitrogens with zero attached hydrogens (tertiary/aromatic N) is 1. The van der Waals surface area contributed by atoms with Gasteiger partial charge >= 0.3 is 5.97 Å². The van der Waals surface area contributed by atoms with Crippen LogP contribution in [-0.2, 0) is 14.4 Å². The fraction of sp³-hybridized carbons (Fsp3) is 0.400. The van der Waals surface area contributed by atoms with E-state index in [0.717, 1.165) is 11.1 Å². The van der Waals surface area contributed by atoms with Crippen molar-refractivity contribution in [3.63, 3.8) is 0 Å². The number of likely N-dealkylation sites (tertiary alicyclic amines) is 1. The van der Waals surface area contributed by atoms with E-state index in [1.165, 1.54) is 6.92 Å². The van der Waals surface area contributed by atoms with E-state index >= 15 is 0 Å². The summed E-state index contributed by atoms with van der Waals surface area (Å²) in [6.07, 6.45) is 0.425. The van der Waals surface area contributed by atoms with Crippen LogP contribution in [-0.4, -0.2) is 33.7 Å². The average Bonchev–Trinajstić information content (AvgIpc) is 2.71. The molecule has 4 atom stereocenters. The van der Waals surface area contributed by atoms with Crippen LogP contribution in [0.15, 0.2) is 48.5 Å². The minimum Gasteiger partial charge on any atom is -0.481 e. The Morgan fingerprint density at radius 3 is 2.31 bits per heavy atom. The summed E-state index contributed by atoms with van der Waals surface area (Å²) in [5, 5.41) is 10.7. The Morgan fingerprint density at radius 2 is 1.78 bits per heavy atom. The zero-order valence-electron chi connectivity index (χ0n) is 18.3. The van der Waals surface area contributed by atoms with Crippen molar-refractivity contribution in [2.45, 2.75) is 58.0 Å². The van der Waals surface area contributed by atoms with Crippen LogP contribution in [0, 0.1) is 5.41 Å². The number of carboxylic acids is 1. The standard InChI is InChI=1S/C25H27Cl2NO4/c1-4-21(15(2)29)28-23(16-8-10-18(26)11-9-16)20(17-6-5-7-19(27)12-17)13-25(3,24(28)32)14-22(30)31/h5-12,20-21,23H,4,13-14H2,1-3H3,(H,30,31)/t20?,21-,23+,25-/m0/s1. The van der Waals surface area contributed by atoms with Crippen molar-refractivity contribution in [2.75, 3.05) is 0 Å². The van der Waals surface area contributed by atoms with Gasteiger partial charge in [0.25, 0.3) is 0 Å². The fourth-order valence-electron chi connectivity index (χ4n) is 4.90. The molecule has 1 unspecified atom stereocenters. The van der Waals surface area contributed by atoms with Crippen molar-refractivity contribution in [3.05, 3.63) is 69.7 Å². The van der Waals surface area contributed by atoms with Gasteiger partial charge < -0.3 is 10.0 Å². The number of aliphatic carboxylic acids is 1. The van der Waals surface area contributed by atoms with E-state index in [1.807, 2.05) is 37.3 Å². The van der Waals surface area contributed by atoms with Crippen LogP contribution in [0.4, 0.5) is 0 Å². The third kappa shape index (κ3) is 4.84. The summed E-state index contributed by atoms with van der Waals surface area (Å²) in [6.45, 7) is 5.01. The highest BCUT2D eigenvalue weighted by molar-refractivity contribution is 6.30. The van der Waals surface area contributed by atoms with Crippen LogP contribution in [0.5, 0.6) is 0 Å². The molecule has 170 valence electrons. The van der Waals surface area contributed by atoms with Gasteiger partial charge in [-0.3, -0.25) is 14.4 Å². The second-order valence-electron chi connectivity index (χ2n) is 8.74. The number of piperidine rings is 1. The monoisotopic (exact) mass is 475 g/mol. The van der Waals surface area contributed by atoms with E-state index in [1.54, 1.807) is 30.0 Å². The first-order chi connectivity index (χ1) is 15.1. The van der Waals surface area contributed by atoms with Gasteiger partial charge in [0, 0.05) is 16.0 Å². The number of halogens is 2. The molecule has 1 aliphatic rings. The lowest BCUT2D eigenvalue weighted by atomic mass is 9.67. The molecule has 2 aromatic carbocycles. The number of hydrogen-bond acceptors (Lipinski definition) is 3. The van der Waals surface area contributed by atoms with E-state index in [0.29, 0.717) is 22.9 Å². The summed E-state index contributed by atoms with van der Waals surface area (Å²) in [5.74, 6) is -1.76. The second kappa shape index (κ2) is 9.63. The first-order valence-corrected chi connectivity index (χ1v) is 11.4. The maximum atomic E-state index is 13.8. The van der Waals surface area contributed by atoms with Gasteiger partial charge in [0.2, 0.25) is 5.91 Å². The molecule has 1 heterocycles. The minimum absolute atomic E-state index is 0.135. The van der Waals surface area contributed by atoms with E-state index in [4.69, 9.17) is 23.2 Å². The van der Waals surface area contributed by atoms with Crippen LogP contribution in [0.3, 0.4) is 0 Å². The maximum absolute atomic E-state index is 13.8. The third-order valence-corrected chi connectivity index (χ3v) is 6.81. The highest BCUT2D eigenvalue weighted by Crippen LogP contribution is 2.52. The molecule has 3 rings (SSSR count). The number of amides is 1. The molecule has 1 N–H and O–H groups in total. The Balaban J connectivity index is 2.26. The second-order valence-corrected chi connectivity index (χ2v) is 9.61. The molecule has 0 radical (unpaired) electrons. The summed E-state index contributed by atoms with van der Waals surface area (Å²) >= 11 is 12.4. The number of Topliss-reactive ketones (excluding diaryl/α,β-unsaturated/α-hetero) is 1. The zero-order chi connectivity index (χ0) is 23.6. The van der Waals surface area contributed by atoms with Crippen LogP contribution in [0.25, 0.3) is 0 Å². The molecule has 0 spiro atoms. The van der Waals surface area contributed by atoms with Crippen molar-refractivity contribution in [3.8, 4) is 0 Å². The SMILES string of the molecule is CC[C@@H](C(C)=O)N1C(=O)[C@](C)(CC(=O)O)CC(c2cccc(Cl)c2)[C@H]1c1ccc(Cl)cc1. The lowest BCUT2D eigenvalue weighted by molar-refractivity contribution is -0.162. The number of carboxylic acid groups (broad SMARTS) is 1. The fourth-order valence-corrected chi connectivity index (χ4v) is 5.23. The van der Waals surface area contributed by atoms with Gasteiger partial charge in [-0.2, -0.15) is 0 Å². The Morgan fingerprint density at radius 1 is 1.12 bits per heavy atom. The topological polar surface area (TPSA) is 74.7 Å². The number of ketones is 1. The quantitative estimate of drug-likeness (QED) is 0.540. The lowest BCUT2D eigenvalue weighted by Crippen LogP contribution is -2.57. The molecule has 0 bridgehead atoms. The van der Waals surface area contributed by atoms with Crippen molar-refractivity contribution >= 4 is 40.9 Å². The van der Waals surface area contributed by atoms with Crippen molar-refractivity contribution in [2.24, 2.45) is 5.41 Å². The molecule has 0 aromatic heterocycles. The molecule has 2 aromatic rings. The van der Waals surface area contributed by atoms with Gasteiger partial charge in [-0.15, -0.1) is 0 Å². The Bertz CT molecular complexity index is 1020.